The van der Waals surface area contributed by atoms with Gasteiger partial charge in [0.05, 0.1) is 24.4 Å². The Morgan fingerprint density at radius 1 is 1.08 bits per heavy atom. The fourth-order valence-electron chi connectivity index (χ4n) is 6.03. The van der Waals surface area contributed by atoms with Gasteiger partial charge < -0.3 is 9.51 Å². The van der Waals surface area contributed by atoms with Crippen molar-refractivity contribution in [2.45, 2.75) is 37.4 Å². The minimum absolute atomic E-state index is 0.296. The summed E-state index contributed by atoms with van der Waals surface area (Å²) in [7, 11) is 0. The van der Waals surface area contributed by atoms with Crippen LogP contribution in [0.5, 0.6) is 0 Å². The van der Waals surface area contributed by atoms with Crippen LogP contribution in [0.2, 0.25) is 0 Å². The molecule has 0 radical (unpaired) electrons. The van der Waals surface area contributed by atoms with Crippen LogP contribution in [0.1, 0.15) is 24.8 Å². The van der Waals surface area contributed by atoms with E-state index >= 15 is 0 Å². The molecule has 1 aromatic carbocycles. The lowest BCUT2D eigenvalue weighted by Gasteiger charge is -2.53. The van der Waals surface area contributed by atoms with Crippen LogP contribution in [0.4, 0.5) is 0 Å². The molecule has 2 saturated heterocycles. The zero-order chi connectivity index (χ0) is 26.2. The van der Waals surface area contributed by atoms with Crippen molar-refractivity contribution in [2.75, 3.05) is 26.2 Å². The summed E-state index contributed by atoms with van der Waals surface area (Å²) in [4.78, 5) is 17.0. The number of fused-ring (bicyclic) bond motifs is 1. The second-order valence-electron chi connectivity index (χ2n) is 10.6. The highest BCUT2D eigenvalue weighted by atomic mass is 16.5. The van der Waals surface area contributed by atoms with Crippen LogP contribution in [0, 0.1) is 11.3 Å². The Hall–Kier alpha value is -4.40. The summed E-state index contributed by atoms with van der Waals surface area (Å²) < 4.78 is 6.84. The minimum atomic E-state index is -0.296. The second-order valence-corrected chi connectivity index (χ2v) is 10.6. The van der Waals surface area contributed by atoms with Gasteiger partial charge in [-0.25, -0.2) is 9.97 Å². The molecule has 0 spiro atoms. The van der Waals surface area contributed by atoms with E-state index < -0.39 is 0 Å². The largest absolute Gasteiger partial charge is 0.346 e. The molecule has 0 amide bonds. The average molecular weight is 521 g/mol. The number of H-pyrrole nitrogens is 1. The van der Waals surface area contributed by atoms with E-state index in [1.54, 1.807) is 12.6 Å². The Morgan fingerprint density at radius 2 is 1.92 bits per heavy atom. The zero-order valence-corrected chi connectivity index (χ0v) is 21.4. The van der Waals surface area contributed by atoms with Gasteiger partial charge in [0.15, 0.2) is 6.26 Å². The highest BCUT2D eigenvalue weighted by Crippen LogP contribution is 2.37. The maximum atomic E-state index is 9.66. The van der Waals surface area contributed by atoms with E-state index in [0.29, 0.717) is 12.5 Å². The lowest BCUT2D eigenvalue weighted by Crippen LogP contribution is -2.66. The van der Waals surface area contributed by atoms with Gasteiger partial charge in [-0.15, -0.1) is 5.10 Å². The monoisotopic (exact) mass is 520 g/mol. The van der Waals surface area contributed by atoms with Gasteiger partial charge in [0.25, 0.3) is 0 Å². The number of aromatic amines is 1. The van der Waals surface area contributed by atoms with Gasteiger partial charge in [0, 0.05) is 59.9 Å². The van der Waals surface area contributed by atoms with Crippen LogP contribution in [-0.2, 0) is 12.1 Å². The molecule has 0 saturated carbocycles. The Labute approximate surface area is 225 Å². The fourth-order valence-corrected chi connectivity index (χ4v) is 6.03. The molecule has 5 aromatic rings. The molecule has 0 aliphatic carbocycles. The molecular weight excluding hydrogens is 492 g/mol. The zero-order valence-electron chi connectivity index (χ0n) is 21.4. The van der Waals surface area contributed by atoms with Crippen LogP contribution >= 0.6 is 0 Å². The Morgan fingerprint density at radius 3 is 2.69 bits per heavy atom. The molecule has 2 aliphatic heterocycles. The quantitative estimate of drug-likeness (QED) is 0.343. The van der Waals surface area contributed by atoms with E-state index in [-0.39, 0.29) is 5.54 Å². The standard InChI is InChI=1S/C28H28N10O/c29-9-8-28(38-15-22(13-33-38)26-24-5-10-30-27(24)32-19-31-26)17-37(18-28)23-6-11-36(12-7-23)14-20-1-3-21(4-2-20)25-16-39-35-34-25/h1-5,10,13,15-16,19,23H,6-8,11-12,14,17-18H2,(H,30,31,32). The van der Waals surface area contributed by atoms with E-state index in [2.05, 4.69) is 65.5 Å². The molecule has 7 rings (SSSR count). The average Bonchev–Trinajstić information content (AvgIpc) is 3.73. The molecule has 196 valence electrons. The number of nitrogens with zero attached hydrogens (tertiary/aromatic N) is 9. The van der Waals surface area contributed by atoms with Gasteiger partial charge >= 0.3 is 0 Å². The number of piperidine rings is 1. The summed E-state index contributed by atoms with van der Waals surface area (Å²) in [5.74, 6) is 0. The van der Waals surface area contributed by atoms with E-state index in [4.69, 9.17) is 9.62 Å². The number of benzene rings is 1. The Bertz CT molecular complexity index is 1600. The fraction of sp³-hybridized carbons (Fsp3) is 0.357. The molecule has 4 aromatic heterocycles. The first-order chi connectivity index (χ1) is 19.2. The number of rotatable bonds is 7. The molecular formula is C28H28N10O. The first-order valence-electron chi connectivity index (χ1n) is 13.2. The summed E-state index contributed by atoms with van der Waals surface area (Å²) >= 11 is 0. The van der Waals surface area contributed by atoms with E-state index in [1.165, 1.54) is 5.56 Å². The molecule has 0 unspecified atom stereocenters. The van der Waals surface area contributed by atoms with Gasteiger partial charge in [-0.1, -0.05) is 24.3 Å². The maximum Gasteiger partial charge on any atom is 0.152 e. The summed E-state index contributed by atoms with van der Waals surface area (Å²) in [6.45, 7) is 4.75. The number of likely N-dealkylation sites (tertiary alicyclic amines) is 2. The normalized spacial score (nSPS) is 18.2. The lowest BCUT2D eigenvalue weighted by molar-refractivity contribution is -0.0436. The van der Waals surface area contributed by atoms with Crippen molar-refractivity contribution in [1.29, 1.82) is 5.26 Å². The van der Waals surface area contributed by atoms with Crippen molar-refractivity contribution < 1.29 is 4.52 Å². The number of nitriles is 1. The van der Waals surface area contributed by atoms with Crippen molar-refractivity contribution in [3.05, 3.63) is 67.1 Å². The molecule has 2 fully saturated rings. The van der Waals surface area contributed by atoms with Crippen LogP contribution in [0.15, 0.2) is 66.0 Å². The van der Waals surface area contributed by atoms with Crippen molar-refractivity contribution in [3.63, 3.8) is 0 Å². The molecule has 39 heavy (non-hydrogen) atoms. The first kappa shape index (κ1) is 23.7. The van der Waals surface area contributed by atoms with E-state index in [9.17, 15) is 5.26 Å². The van der Waals surface area contributed by atoms with E-state index in [0.717, 1.165) is 79.1 Å². The van der Waals surface area contributed by atoms with Crippen LogP contribution in [-0.4, -0.2) is 77.1 Å². The van der Waals surface area contributed by atoms with Gasteiger partial charge in [0.1, 0.15) is 23.2 Å². The SMILES string of the molecule is N#CCC1(n2cc(-c3ncnc4[nH]ccc34)cn2)CN(C2CCN(Cc3ccc(-c4conn4)cc3)CC2)C1. The maximum absolute atomic E-state index is 9.66. The Balaban J connectivity index is 0.972. The lowest BCUT2D eigenvalue weighted by atomic mass is 9.83. The summed E-state index contributed by atoms with van der Waals surface area (Å²) in [6.07, 6.45) is 11.6. The predicted molar refractivity (Wildman–Crippen MR) is 143 cm³/mol. The number of nitrogens with one attached hydrogen (secondary N) is 1. The molecule has 0 bridgehead atoms. The van der Waals surface area contributed by atoms with Gasteiger partial charge in [-0.2, -0.15) is 10.4 Å². The smallest absolute Gasteiger partial charge is 0.152 e. The van der Waals surface area contributed by atoms with Crippen LogP contribution < -0.4 is 0 Å². The first-order valence-corrected chi connectivity index (χ1v) is 13.2. The van der Waals surface area contributed by atoms with Crippen molar-refractivity contribution in [2.24, 2.45) is 0 Å². The van der Waals surface area contributed by atoms with Gasteiger partial charge in [-0.3, -0.25) is 14.5 Å². The molecule has 1 N–H and O–H groups in total. The third kappa shape index (κ3) is 4.37. The highest BCUT2D eigenvalue weighted by Gasteiger charge is 2.48. The molecule has 6 heterocycles. The van der Waals surface area contributed by atoms with Crippen LogP contribution in [0.3, 0.4) is 0 Å². The minimum Gasteiger partial charge on any atom is -0.346 e. The summed E-state index contributed by atoms with van der Waals surface area (Å²) in [5, 5.41) is 22.8. The van der Waals surface area contributed by atoms with E-state index in [1.807, 2.05) is 29.3 Å². The van der Waals surface area contributed by atoms with Gasteiger partial charge in [0.2, 0.25) is 0 Å². The third-order valence-electron chi connectivity index (χ3n) is 8.19. The second kappa shape index (κ2) is 9.72. The number of hydrogen-bond donors (Lipinski definition) is 1. The predicted octanol–water partition coefficient (Wildman–Crippen LogP) is 3.46. The van der Waals surface area contributed by atoms with Crippen LogP contribution in [0.25, 0.3) is 33.5 Å². The molecule has 0 atom stereocenters. The summed E-state index contributed by atoms with van der Waals surface area (Å²) in [6, 6.07) is 13.4. The summed E-state index contributed by atoms with van der Waals surface area (Å²) in [5.41, 5.74) is 5.36. The molecule has 2 aliphatic rings. The van der Waals surface area contributed by atoms with Crippen molar-refractivity contribution >= 4 is 11.0 Å². The van der Waals surface area contributed by atoms with Gasteiger partial charge in [-0.05, 0) is 37.6 Å². The highest BCUT2D eigenvalue weighted by molar-refractivity contribution is 5.90. The molecule has 11 nitrogen and oxygen atoms in total. The third-order valence-corrected chi connectivity index (χ3v) is 8.19. The van der Waals surface area contributed by atoms with Crippen molar-refractivity contribution in [1.82, 2.24) is 44.9 Å². The Kier molecular flexibility index (Phi) is 5.91. The molecule has 11 heteroatoms. The topological polar surface area (TPSA) is 129 Å². The van der Waals surface area contributed by atoms with Crippen molar-refractivity contribution in [3.8, 4) is 28.6 Å². The number of aromatic nitrogens is 7. The number of hydrogen-bond acceptors (Lipinski definition) is 9.